The second kappa shape index (κ2) is 6.24. The number of hydrogen-bond acceptors (Lipinski definition) is 2. The van der Waals surface area contributed by atoms with Crippen molar-refractivity contribution < 1.29 is 4.79 Å². The highest BCUT2D eigenvalue weighted by atomic mass is 16.1. The number of nitrogens with one attached hydrogen (secondary N) is 1. The Kier molecular flexibility index (Phi) is 5.26. The molecular weight excluding hydrogens is 200 g/mol. The topological polar surface area (TPSA) is 55.1 Å². The molecule has 1 amide bonds. The van der Waals surface area contributed by atoms with Gasteiger partial charge in [-0.1, -0.05) is 20.8 Å². The zero-order valence-corrected chi connectivity index (χ0v) is 10.8. The van der Waals surface area contributed by atoms with Crippen LogP contribution in [0.3, 0.4) is 0 Å². The van der Waals surface area contributed by atoms with Gasteiger partial charge < -0.3 is 11.1 Å². The summed E-state index contributed by atoms with van der Waals surface area (Å²) in [6, 6.07) is 0.536. The monoisotopic (exact) mass is 226 g/mol. The summed E-state index contributed by atoms with van der Waals surface area (Å²) in [5.41, 5.74) is 6.02. The maximum atomic E-state index is 12.0. The molecule has 0 radical (unpaired) electrons. The Balaban J connectivity index is 2.42. The van der Waals surface area contributed by atoms with Crippen LogP contribution in [0, 0.1) is 11.8 Å². The van der Waals surface area contributed by atoms with E-state index in [1.165, 1.54) is 0 Å². The third-order valence-corrected chi connectivity index (χ3v) is 3.96. The average Bonchev–Trinajstić information content (AvgIpc) is 2.29. The van der Waals surface area contributed by atoms with Crippen LogP contribution in [0.15, 0.2) is 0 Å². The van der Waals surface area contributed by atoms with Gasteiger partial charge in [-0.3, -0.25) is 4.79 Å². The Morgan fingerprint density at radius 2 is 2.00 bits per heavy atom. The number of carbonyl (C=O) groups is 1. The van der Waals surface area contributed by atoms with Crippen molar-refractivity contribution in [2.75, 3.05) is 0 Å². The second-order valence-electron chi connectivity index (χ2n) is 5.17. The number of amides is 1. The Hall–Kier alpha value is -0.570. The molecule has 0 aliphatic heterocycles. The van der Waals surface area contributed by atoms with Gasteiger partial charge in [0.2, 0.25) is 5.91 Å². The first-order valence-electron chi connectivity index (χ1n) is 6.64. The Labute approximate surface area is 99.2 Å². The van der Waals surface area contributed by atoms with Crippen molar-refractivity contribution in [1.29, 1.82) is 0 Å². The van der Waals surface area contributed by atoms with Crippen LogP contribution < -0.4 is 11.1 Å². The van der Waals surface area contributed by atoms with Crippen LogP contribution in [0.2, 0.25) is 0 Å². The van der Waals surface area contributed by atoms with E-state index in [-0.39, 0.29) is 17.9 Å². The van der Waals surface area contributed by atoms with Gasteiger partial charge in [0, 0.05) is 18.0 Å². The van der Waals surface area contributed by atoms with Gasteiger partial charge >= 0.3 is 0 Å². The van der Waals surface area contributed by atoms with E-state index in [9.17, 15) is 4.79 Å². The second-order valence-corrected chi connectivity index (χ2v) is 5.17. The Morgan fingerprint density at radius 3 is 2.50 bits per heavy atom. The standard InChI is InChI=1S/C13H26N2O/c1-4-11(5-2)15-13(16)10-7-6-9(3)12(14)8-10/h9-12H,4-8,14H2,1-3H3,(H,15,16). The molecule has 3 heteroatoms. The lowest BCUT2D eigenvalue weighted by atomic mass is 9.79. The first kappa shape index (κ1) is 13.5. The first-order valence-corrected chi connectivity index (χ1v) is 6.64. The highest BCUT2D eigenvalue weighted by Gasteiger charge is 2.29. The van der Waals surface area contributed by atoms with Crippen molar-refractivity contribution in [3.63, 3.8) is 0 Å². The van der Waals surface area contributed by atoms with Crippen LogP contribution in [0.1, 0.15) is 52.9 Å². The van der Waals surface area contributed by atoms with Crippen molar-refractivity contribution >= 4 is 5.91 Å². The minimum atomic E-state index is 0.145. The molecule has 1 saturated carbocycles. The predicted molar refractivity (Wildman–Crippen MR) is 67.0 cm³/mol. The van der Waals surface area contributed by atoms with Gasteiger partial charge in [0.25, 0.3) is 0 Å². The molecule has 0 aromatic heterocycles. The van der Waals surface area contributed by atoms with Gasteiger partial charge in [0.05, 0.1) is 0 Å². The van der Waals surface area contributed by atoms with E-state index in [0.29, 0.717) is 12.0 Å². The highest BCUT2D eigenvalue weighted by Crippen LogP contribution is 2.27. The van der Waals surface area contributed by atoms with Gasteiger partial charge in [-0.2, -0.15) is 0 Å². The molecule has 1 aliphatic carbocycles. The van der Waals surface area contributed by atoms with Gasteiger partial charge in [0.1, 0.15) is 0 Å². The molecule has 3 N–H and O–H groups in total. The lowest BCUT2D eigenvalue weighted by Gasteiger charge is -2.31. The SMILES string of the molecule is CCC(CC)NC(=O)C1CCC(C)C(N)C1. The maximum absolute atomic E-state index is 12.0. The van der Waals surface area contributed by atoms with Crippen molar-refractivity contribution in [2.45, 2.75) is 65.0 Å². The lowest BCUT2D eigenvalue weighted by molar-refractivity contribution is -0.127. The zero-order valence-electron chi connectivity index (χ0n) is 10.8. The van der Waals surface area contributed by atoms with Crippen LogP contribution in [0.25, 0.3) is 0 Å². The lowest BCUT2D eigenvalue weighted by Crippen LogP contribution is -2.44. The van der Waals surface area contributed by atoms with E-state index >= 15 is 0 Å². The van der Waals surface area contributed by atoms with Crippen LogP contribution in [-0.4, -0.2) is 18.0 Å². The summed E-state index contributed by atoms with van der Waals surface area (Å²) >= 11 is 0. The fourth-order valence-corrected chi connectivity index (χ4v) is 2.41. The summed E-state index contributed by atoms with van der Waals surface area (Å²) in [7, 11) is 0. The molecule has 1 rings (SSSR count). The number of rotatable bonds is 4. The molecule has 0 aromatic carbocycles. The Bertz CT molecular complexity index is 226. The van der Waals surface area contributed by atoms with E-state index in [2.05, 4.69) is 26.1 Å². The third kappa shape index (κ3) is 3.48. The van der Waals surface area contributed by atoms with Gasteiger partial charge in [-0.15, -0.1) is 0 Å². The zero-order chi connectivity index (χ0) is 12.1. The molecule has 0 bridgehead atoms. The highest BCUT2D eigenvalue weighted by molar-refractivity contribution is 5.79. The van der Waals surface area contributed by atoms with E-state index in [0.717, 1.165) is 32.1 Å². The molecule has 1 aliphatic rings. The summed E-state index contributed by atoms with van der Waals surface area (Å²) in [4.78, 5) is 12.0. The number of nitrogens with two attached hydrogens (primary N) is 1. The molecule has 3 atom stereocenters. The molecular formula is C13H26N2O. The molecule has 1 fully saturated rings. The fraction of sp³-hybridized carbons (Fsp3) is 0.923. The fourth-order valence-electron chi connectivity index (χ4n) is 2.41. The molecule has 0 saturated heterocycles. The largest absolute Gasteiger partial charge is 0.353 e. The average molecular weight is 226 g/mol. The maximum Gasteiger partial charge on any atom is 0.223 e. The van der Waals surface area contributed by atoms with E-state index < -0.39 is 0 Å². The molecule has 0 spiro atoms. The van der Waals surface area contributed by atoms with Gasteiger partial charge in [-0.05, 0) is 38.0 Å². The molecule has 0 heterocycles. The van der Waals surface area contributed by atoms with Crippen molar-refractivity contribution in [3.8, 4) is 0 Å². The summed E-state index contributed by atoms with van der Waals surface area (Å²) in [5.74, 6) is 0.931. The van der Waals surface area contributed by atoms with Crippen LogP contribution in [-0.2, 0) is 4.79 Å². The molecule has 0 aromatic rings. The molecule has 3 unspecified atom stereocenters. The quantitative estimate of drug-likeness (QED) is 0.771. The summed E-state index contributed by atoms with van der Waals surface area (Å²) in [5, 5.41) is 3.13. The normalized spacial score (nSPS) is 30.4. The molecule has 3 nitrogen and oxygen atoms in total. The van der Waals surface area contributed by atoms with Gasteiger partial charge in [-0.25, -0.2) is 0 Å². The predicted octanol–water partition coefficient (Wildman–Crippen LogP) is 2.05. The van der Waals surface area contributed by atoms with Crippen molar-refractivity contribution in [2.24, 2.45) is 17.6 Å². The molecule has 16 heavy (non-hydrogen) atoms. The van der Waals surface area contributed by atoms with Crippen molar-refractivity contribution in [3.05, 3.63) is 0 Å². The summed E-state index contributed by atoms with van der Waals surface area (Å²) < 4.78 is 0. The smallest absolute Gasteiger partial charge is 0.223 e. The van der Waals surface area contributed by atoms with Gasteiger partial charge in [0.15, 0.2) is 0 Å². The Morgan fingerprint density at radius 1 is 1.38 bits per heavy atom. The van der Waals surface area contributed by atoms with E-state index in [4.69, 9.17) is 5.73 Å². The number of hydrogen-bond donors (Lipinski definition) is 2. The van der Waals surface area contributed by atoms with E-state index in [1.807, 2.05) is 0 Å². The third-order valence-electron chi connectivity index (χ3n) is 3.96. The first-order chi connectivity index (χ1) is 7.58. The molecule has 94 valence electrons. The van der Waals surface area contributed by atoms with Crippen molar-refractivity contribution in [1.82, 2.24) is 5.32 Å². The van der Waals surface area contributed by atoms with Crippen LogP contribution in [0.4, 0.5) is 0 Å². The minimum Gasteiger partial charge on any atom is -0.353 e. The van der Waals surface area contributed by atoms with Crippen LogP contribution in [0.5, 0.6) is 0 Å². The summed E-state index contributed by atoms with van der Waals surface area (Å²) in [6.45, 7) is 6.41. The van der Waals surface area contributed by atoms with Crippen LogP contribution >= 0.6 is 0 Å². The summed E-state index contributed by atoms with van der Waals surface area (Å²) in [6.07, 6.45) is 4.96. The minimum absolute atomic E-state index is 0.145. The van der Waals surface area contributed by atoms with E-state index in [1.54, 1.807) is 0 Å². The number of carbonyl (C=O) groups excluding carboxylic acids is 1.